The van der Waals surface area contributed by atoms with Crippen molar-refractivity contribution in [3.05, 3.63) is 0 Å². The summed E-state index contributed by atoms with van der Waals surface area (Å²) in [5.74, 6) is 0.768. The highest BCUT2D eigenvalue weighted by Gasteiger charge is 2.08. The van der Waals surface area contributed by atoms with Crippen molar-refractivity contribution < 1.29 is 4.74 Å². The van der Waals surface area contributed by atoms with E-state index < -0.39 is 0 Å². The summed E-state index contributed by atoms with van der Waals surface area (Å²) in [6.07, 6.45) is 6.26. The van der Waals surface area contributed by atoms with E-state index >= 15 is 0 Å². The molecule has 0 aromatic carbocycles. The van der Waals surface area contributed by atoms with Gasteiger partial charge < -0.3 is 9.64 Å². The highest BCUT2D eigenvalue weighted by Crippen LogP contribution is 2.21. The fraction of sp³-hybridized carbons (Fsp3) is 1.00. The van der Waals surface area contributed by atoms with E-state index in [0.717, 1.165) is 19.1 Å². The van der Waals surface area contributed by atoms with Gasteiger partial charge >= 0.3 is 0 Å². The second-order valence-corrected chi connectivity index (χ2v) is 7.49. The molecule has 116 valence electrons. The van der Waals surface area contributed by atoms with Gasteiger partial charge in [0, 0.05) is 19.8 Å². The summed E-state index contributed by atoms with van der Waals surface area (Å²) in [5.41, 5.74) is 0.473. The van der Waals surface area contributed by atoms with Crippen molar-refractivity contribution in [3.63, 3.8) is 0 Å². The van der Waals surface area contributed by atoms with Crippen molar-refractivity contribution in [1.82, 2.24) is 4.90 Å². The first-order valence-electron chi connectivity index (χ1n) is 8.07. The molecule has 0 aromatic rings. The molecule has 0 bridgehead atoms. The Hall–Kier alpha value is -0.0800. The molecule has 0 saturated heterocycles. The molecule has 0 fully saturated rings. The van der Waals surface area contributed by atoms with E-state index in [1.807, 2.05) is 0 Å². The predicted octanol–water partition coefficient (Wildman–Crippen LogP) is 4.59. The fourth-order valence-corrected chi connectivity index (χ4v) is 2.26. The predicted molar refractivity (Wildman–Crippen MR) is 85.7 cm³/mol. The molecule has 0 atom stereocenters. The molecule has 0 saturated carbocycles. The first-order valence-corrected chi connectivity index (χ1v) is 8.07. The summed E-state index contributed by atoms with van der Waals surface area (Å²) in [6, 6.07) is 0. The van der Waals surface area contributed by atoms with Crippen LogP contribution in [0.1, 0.15) is 66.7 Å². The van der Waals surface area contributed by atoms with Gasteiger partial charge in [-0.1, -0.05) is 41.0 Å². The highest BCUT2D eigenvalue weighted by atomic mass is 16.5. The molecular weight excluding hydrogens is 234 g/mol. The summed E-state index contributed by atoms with van der Waals surface area (Å²) in [4.78, 5) is 2.42. The van der Waals surface area contributed by atoms with E-state index in [2.05, 4.69) is 46.6 Å². The fourth-order valence-electron chi connectivity index (χ4n) is 2.26. The number of hydrogen-bond acceptors (Lipinski definition) is 2. The zero-order valence-electron chi connectivity index (χ0n) is 14.3. The van der Waals surface area contributed by atoms with Gasteiger partial charge in [0.1, 0.15) is 0 Å². The zero-order chi connectivity index (χ0) is 14.7. The van der Waals surface area contributed by atoms with Crippen LogP contribution < -0.4 is 0 Å². The van der Waals surface area contributed by atoms with Crippen molar-refractivity contribution in [3.8, 4) is 0 Å². The van der Waals surface area contributed by atoms with Gasteiger partial charge in [0.2, 0.25) is 0 Å². The molecule has 0 unspecified atom stereocenters. The molecule has 0 amide bonds. The smallest absolute Gasteiger partial charge is 0.0466 e. The zero-order valence-corrected chi connectivity index (χ0v) is 14.3. The maximum Gasteiger partial charge on any atom is 0.0466 e. The summed E-state index contributed by atoms with van der Waals surface area (Å²) < 4.78 is 5.69. The molecular formula is C17H37NO. The van der Waals surface area contributed by atoms with Crippen LogP contribution in [0.4, 0.5) is 0 Å². The number of unbranched alkanes of at least 4 members (excludes halogenated alkanes) is 2. The molecule has 2 heteroatoms. The monoisotopic (exact) mass is 271 g/mol. The van der Waals surface area contributed by atoms with Gasteiger partial charge in [-0.05, 0) is 50.6 Å². The molecule has 0 rings (SSSR count). The lowest BCUT2D eigenvalue weighted by Gasteiger charge is -2.18. The number of hydrogen-bond donors (Lipinski definition) is 0. The molecule has 0 heterocycles. The molecule has 0 aliphatic rings. The van der Waals surface area contributed by atoms with E-state index in [4.69, 9.17) is 4.74 Å². The van der Waals surface area contributed by atoms with Gasteiger partial charge in [-0.3, -0.25) is 0 Å². The lowest BCUT2D eigenvalue weighted by atomic mass is 9.90. The molecule has 0 aliphatic heterocycles. The molecule has 2 nitrogen and oxygen atoms in total. The Bertz CT molecular complexity index is 196. The number of ether oxygens (including phenoxy) is 1. The van der Waals surface area contributed by atoms with Gasteiger partial charge in [0.15, 0.2) is 0 Å². The van der Waals surface area contributed by atoms with Crippen LogP contribution in [-0.2, 0) is 4.74 Å². The third-order valence-electron chi connectivity index (χ3n) is 3.22. The van der Waals surface area contributed by atoms with Crippen LogP contribution in [0.15, 0.2) is 0 Å². The molecule has 0 aliphatic carbocycles. The van der Waals surface area contributed by atoms with Crippen LogP contribution >= 0.6 is 0 Å². The summed E-state index contributed by atoms with van der Waals surface area (Å²) in [7, 11) is 2.22. The molecule has 0 radical (unpaired) electrons. The average molecular weight is 271 g/mol. The maximum atomic E-state index is 5.69. The Kier molecular flexibility index (Phi) is 10.6. The highest BCUT2D eigenvalue weighted by molar-refractivity contribution is 4.60. The summed E-state index contributed by atoms with van der Waals surface area (Å²) >= 11 is 0. The van der Waals surface area contributed by atoms with Crippen LogP contribution in [0.3, 0.4) is 0 Å². The Morgan fingerprint density at radius 3 is 2.05 bits per heavy atom. The van der Waals surface area contributed by atoms with Gasteiger partial charge in [-0.15, -0.1) is 0 Å². The second kappa shape index (κ2) is 10.7. The van der Waals surface area contributed by atoms with E-state index in [-0.39, 0.29) is 0 Å². The maximum absolute atomic E-state index is 5.69. The van der Waals surface area contributed by atoms with Crippen LogP contribution in [-0.4, -0.2) is 38.3 Å². The van der Waals surface area contributed by atoms with Gasteiger partial charge in [0.05, 0.1) is 0 Å². The molecule has 0 aromatic heterocycles. The SMILES string of the molecule is CC(C)CN(C)CCCCOCCCCC(C)(C)C. The third kappa shape index (κ3) is 15.9. The van der Waals surface area contributed by atoms with Crippen LogP contribution in [0.25, 0.3) is 0 Å². The Morgan fingerprint density at radius 2 is 1.53 bits per heavy atom. The van der Waals surface area contributed by atoms with Crippen LogP contribution in [0.2, 0.25) is 0 Å². The lowest BCUT2D eigenvalue weighted by Crippen LogP contribution is -2.24. The number of rotatable bonds is 11. The minimum atomic E-state index is 0.473. The second-order valence-electron chi connectivity index (χ2n) is 7.49. The van der Waals surface area contributed by atoms with Crippen molar-refractivity contribution in [2.45, 2.75) is 66.7 Å². The van der Waals surface area contributed by atoms with E-state index in [0.29, 0.717) is 5.41 Å². The van der Waals surface area contributed by atoms with Gasteiger partial charge in [0.25, 0.3) is 0 Å². The summed E-state index contributed by atoms with van der Waals surface area (Å²) in [5, 5.41) is 0. The van der Waals surface area contributed by atoms with E-state index in [1.54, 1.807) is 0 Å². The minimum Gasteiger partial charge on any atom is -0.381 e. The molecule has 0 spiro atoms. The first-order chi connectivity index (χ1) is 8.81. The lowest BCUT2D eigenvalue weighted by molar-refractivity contribution is 0.121. The average Bonchev–Trinajstić information content (AvgIpc) is 2.24. The van der Waals surface area contributed by atoms with Crippen LogP contribution in [0, 0.1) is 11.3 Å². The van der Waals surface area contributed by atoms with E-state index in [9.17, 15) is 0 Å². The first kappa shape index (κ1) is 18.9. The Morgan fingerprint density at radius 1 is 0.947 bits per heavy atom. The Labute approximate surface area is 121 Å². The van der Waals surface area contributed by atoms with Gasteiger partial charge in [-0.2, -0.15) is 0 Å². The standard InChI is InChI=1S/C17H37NO/c1-16(2)15-18(6)12-8-10-14-19-13-9-7-11-17(3,4)5/h16H,7-15H2,1-6H3. The topological polar surface area (TPSA) is 12.5 Å². The van der Waals surface area contributed by atoms with Crippen molar-refractivity contribution in [2.75, 3.05) is 33.4 Å². The normalized spacial score (nSPS) is 12.6. The van der Waals surface area contributed by atoms with Crippen LogP contribution in [0.5, 0.6) is 0 Å². The quantitative estimate of drug-likeness (QED) is 0.510. The molecule has 0 N–H and O–H groups in total. The van der Waals surface area contributed by atoms with Crippen molar-refractivity contribution >= 4 is 0 Å². The third-order valence-corrected chi connectivity index (χ3v) is 3.22. The molecule has 19 heavy (non-hydrogen) atoms. The summed E-state index contributed by atoms with van der Waals surface area (Å²) in [6.45, 7) is 15.8. The minimum absolute atomic E-state index is 0.473. The van der Waals surface area contributed by atoms with Gasteiger partial charge in [-0.25, -0.2) is 0 Å². The van der Waals surface area contributed by atoms with Crippen molar-refractivity contribution in [1.29, 1.82) is 0 Å². The number of nitrogens with zero attached hydrogens (tertiary/aromatic N) is 1. The van der Waals surface area contributed by atoms with Crippen molar-refractivity contribution in [2.24, 2.45) is 11.3 Å². The van der Waals surface area contributed by atoms with E-state index in [1.165, 1.54) is 45.2 Å². The largest absolute Gasteiger partial charge is 0.381 e. The Balaban J connectivity index is 3.19.